The highest BCUT2D eigenvalue weighted by atomic mass is 32.2. The van der Waals surface area contributed by atoms with Gasteiger partial charge in [-0.2, -0.15) is 0 Å². The van der Waals surface area contributed by atoms with E-state index in [1.807, 2.05) is 36.4 Å². The lowest BCUT2D eigenvalue weighted by molar-refractivity contribution is -0.137. The largest absolute Gasteiger partial charge is 0.465 e. The molecule has 3 aromatic rings. The Kier molecular flexibility index (Phi) is 14.5. The molecule has 364 valence electrons. The molecular weight excluding hydrogens is 897 g/mol. The highest BCUT2D eigenvalue weighted by Gasteiger charge is 2.48. The molecule has 9 rings (SSSR count). The van der Waals surface area contributed by atoms with E-state index in [-0.39, 0.29) is 36.0 Å². The molecule has 6 heterocycles. The molecule has 2 aromatic carbocycles. The summed E-state index contributed by atoms with van der Waals surface area (Å²) in [6, 6.07) is 13.2. The molecule has 69 heavy (non-hydrogen) atoms. The Hall–Kier alpha value is -6.11. The van der Waals surface area contributed by atoms with E-state index in [0.29, 0.717) is 53.8 Å². The topological polar surface area (TPSA) is 210 Å². The molecule has 0 radical (unpaired) electrons. The van der Waals surface area contributed by atoms with E-state index in [4.69, 9.17) is 5.11 Å². The Bertz CT molecular complexity index is 2490. The van der Waals surface area contributed by atoms with Crippen molar-refractivity contribution in [3.8, 4) is 0 Å². The molecule has 18 heteroatoms. The Morgan fingerprint density at radius 2 is 1.71 bits per heavy atom. The maximum Gasteiger partial charge on any atom is 0.405 e. The van der Waals surface area contributed by atoms with Crippen LogP contribution in [0.4, 0.5) is 16.3 Å². The Labute approximate surface area is 406 Å². The van der Waals surface area contributed by atoms with Crippen LogP contribution in [-0.4, -0.2) is 116 Å². The van der Waals surface area contributed by atoms with Crippen molar-refractivity contribution in [3.63, 3.8) is 0 Å². The van der Waals surface area contributed by atoms with Gasteiger partial charge >= 0.3 is 6.09 Å². The van der Waals surface area contributed by atoms with Crippen molar-refractivity contribution >= 4 is 58.9 Å². The first-order valence-electron chi connectivity index (χ1n) is 24.4. The van der Waals surface area contributed by atoms with Gasteiger partial charge in [0, 0.05) is 91.5 Å². The first-order chi connectivity index (χ1) is 33.3. The predicted octanol–water partition coefficient (Wildman–Crippen LogP) is 6.03. The fourth-order valence-corrected chi connectivity index (χ4v) is 11.7. The quantitative estimate of drug-likeness (QED) is 0.0774. The normalized spacial score (nSPS) is 22.9. The van der Waals surface area contributed by atoms with Gasteiger partial charge in [-0.15, -0.1) is 0 Å². The molecule has 3 saturated heterocycles. The Morgan fingerprint density at radius 1 is 0.913 bits per heavy atom. The number of carbonyl (C=O) groups is 6. The molecule has 0 bridgehead atoms. The fraction of sp³-hybridized carbons (Fsp3) is 0.490. The standard InChI is InChI=1S/C51H62N10O7S/c1-50(57-49(67)68)18-22-59(23-19-50)42-28-53-45(29-52-42)69-39-8-6-7-37(26-39)55-43(62)9-4-2-3-5-21-58-31-51(32-58)20-24-60(33-51)38-13-11-35(12-14-38)46(64)54-27-34-10-15-40-36(25-34)30-61(48(40)66)41-16-17-44(63)56-47(41)65/h6-8,10,15,18-19,22-23,25-26,28-29,35,38,41,57H,2-5,9,11-14,16-17,20-21,24,27,30-33H2,1H3,(H,54,64)(H,55,62)(H,67,68)(H,56,63,65). The van der Waals surface area contributed by atoms with Crippen molar-refractivity contribution in [2.45, 2.75) is 125 Å². The van der Waals surface area contributed by atoms with E-state index in [0.717, 1.165) is 106 Å². The first-order valence-corrected chi connectivity index (χ1v) is 25.2. The van der Waals surface area contributed by atoms with Crippen molar-refractivity contribution < 1.29 is 33.9 Å². The van der Waals surface area contributed by atoms with Gasteiger partial charge in [0.15, 0.2) is 5.82 Å². The van der Waals surface area contributed by atoms with Gasteiger partial charge in [-0.25, -0.2) is 14.8 Å². The third kappa shape index (κ3) is 11.7. The zero-order valence-electron chi connectivity index (χ0n) is 39.2. The maximum atomic E-state index is 13.3. The number of hydrogen-bond donors (Lipinski definition) is 5. The van der Waals surface area contributed by atoms with Crippen LogP contribution in [-0.2, 0) is 32.3 Å². The lowest BCUT2D eigenvalue weighted by atomic mass is 9.78. The molecule has 1 aromatic heterocycles. The van der Waals surface area contributed by atoms with Crippen LogP contribution in [0.3, 0.4) is 0 Å². The summed E-state index contributed by atoms with van der Waals surface area (Å²) in [5.74, 6) is -0.201. The van der Waals surface area contributed by atoms with Crippen molar-refractivity contribution in [3.05, 3.63) is 96.1 Å². The zero-order valence-corrected chi connectivity index (χ0v) is 40.0. The van der Waals surface area contributed by atoms with Crippen LogP contribution in [0.1, 0.15) is 105 Å². The number of rotatable bonds is 17. The van der Waals surface area contributed by atoms with Crippen LogP contribution in [0, 0.1) is 11.3 Å². The lowest BCUT2D eigenvalue weighted by Gasteiger charge is -2.49. The number of nitrogens with zero attached hydrogens (tertiary/aromatic N) is 6. The summed E-state index contributed by atoms with van der Waals surface area (Å²) in [6.07, 6.45) is 19.5. The fourth-order valence-electron chi connectivity index (χ4n) is 10.9. The minimum absolute atomic E-state index is 0.00949. The van der Waals surface area contributed by atoms with E-state index in [1.54, 1.807) is 59.7 Å². The highest BCUT2D eigenvalue weighted by molar-refractivity contribution is 7.99. The molecule has 1 aliphatic carbocycles. The molecule has 1 atom stereocenters. The molecular formula is C51H62N10O7S. The molecule has 1 spiro atoms. The second-order valence-corrected chi connectivity index (χ2v) is 20.9. The third-order valence-corrected chi connectivity index (χ3v) is 15.5. The van der Waals surface area contributed by atoms with Crippen LogP contribution >= 0.6 is 11.8 Å². The van der Waals surface area contributed by atoms with E-state index >= 15 is 0 Å². The molecule has 6 aliphatic rings. The summed E-state index contributed by atoms with van der Waals surface area (Å²) >= 11 is 1.45. The summed E-state index contributed by atoms with van der Waals surface area (Å²) in [7, 11) is 0. The molecule has 6 amide bonds. The molecule has 4 fully saturated rings. The minimum Gasteiger partial charge on any atom is -0.465 e. The number of aromatic nitrogens is 2. The second-order valence-electron chi connectivity index (χ2n) is 19.9. The number of likely N-dealkylation sites (tertiary alicyclic amines) is 2. The summed E-state index contributed by atoms with van der Waals surface area (Å²) in [6.45, 7) is 8.19. The number of amides is 6. The number of imide groups is 1. The first kappa shape index (κ1) is 47.9. The van der Waals surface area contributed by atoms with E-state index in [2.05, 4.69) is 41.0 Å². The van der Waals surface area contributed by atoms with Gasteiger partial charge in [-0.05, 0) is 119 Å². The van der Waals surface area contributed by atoms with Crippen molar-refractivity contribution in [2.75, 3.05) is 42.9 Å². The number of anilines is 2. The number of hydrogen-bond acceptors (Lipinski definition) is 12. The highest BCUT2D eigenvalue weighted by Crippen LogP contribution is 2.42. The van der Waals surface area contributed by atoms with Gasteiger partial charge in [0.2, 0.25) is 23.6 Å². The SMILES string of the molecule is CC1(NC(=O)O)C=CN(c2cnc(Sc3cccc(NC(=O)CCCCCCN4CC5(CCN(C6CCC(C(=O)NCc7ccc8c(c7)CN(C7CCC(=O)NC7=O)C8=O)CC6)C5)C4)c3)cn2)C=C1. The van der Waals surface area contributed by atoms with Gasteiger partial charge in [-0.3, -0.25) is 34.2 Å². The number of piperidine rings is 1. The lowest BCUT2D eigenvalue weighted by Crippen LogP contribution is -2.58. The average Bonchev–Trinajstić information content (AvgIpc) is 3.91. The summed E-state index contributed by atoms with van der Waals surface area (Å²) in [5.41, 5.74) is 2.69. The summed E-state index contributed by atoms with van der Waals surface area (Å²) < 4.78 is 0. The Morgan fingerprint density at radius 3 is 2.46 bits per heavy atom. The van der Waals surface area contributed by atoms with Crippen LogP contribution in [0.2, 0.25) is 0 Å². The molecule has 5 N–H and O–H groups in total. The number of carbonyl (C=O) groups excluding carboxylic acids is 5. The van der Waals surface area contributed by atoms with Crippen molar-refractivity contribution in [1.82, 2.24) is 40.6 Å². The summed E-state index contributed by atoms with van der Waals surface area (Å²) in [5, 5.41) is 20.8. The Balaban J connectivity index is 0.614. The molecule has 1 unspecified atom stereocenters. The number of nitrogens with one attached hydrogen (secondary N) is 4. The maximum absolute atomic E-state index is 13.3. The van der Waals surface area contributed by atoms with Crippen molar-refractivity contribution in [2.24, 2.45) is 11.3 Å². The van der Waals surface area contributed by atoms with E-state index in [9.17, 15) is 28.8 Å². The van der Waals surface area contributed by atoms with E-state index < -0.39 is 23.6 Å². The second kappa shape index (κ2) is 20.9. The van der Waals surface area contributed by atoms with Crippen molar-refractivity contribution in [1.29, 1.82) is 0 Å². The molecule has 5 aliphatic heterocycles. The van der Waals surface area contributed by atoms with Gasteiger partial charge in [0.05, 0.1) is 17.9 Å². The van der Waals surface area contributed by atoms with Crippen LogP contribution in [0.5, 0.6) is 0 Å². The number of carboxylic acid groups (broad SMARTS) is 1. The van der Waals surface area contributed by atoms with Gasteiger partial charge in [-0.1, -0.05) is 42.8 Å². The monoisotopic (exact) mass is 958 g/mol. The van der Waals surface area contributed by atoms with Crippen LogP contribution in [0.25, 0.3) is 0 Å². The minimum atomic E-state index is -1.10. The number of unbranched alkanes of at least 4 members (excludes halogenated alkanes) is 3. The zero-order chi connectivity index (χ0) is 48.1. The smallest absolute Gasteiger partial charge is 0.405 e. The predicted molar refractivity (Wildman–Crippen MR) is 260 cm³/mol. The van der Waals surface area contributed by atoms with Gasteiger partial charge in [0.25, 0.3) is 5.91 Å². The van der Waals surface area contributed by atoms with E-state index in [1.165, 1.54) is 18.2 Å². The van der Waals surface area contributed by atoms with Gasteiger partial charge in [0.1, 0.15) is 11.1 Å². The third-order valence-electron chi connectivity index (χ3n) is 14.6. The molecule has 1 saturated carbocycles. The summed E-state index contributed by atoms with van der Waals surface area (Å²) in [4.78, 5) is 92.8. The number of fused-ring (bicyclic) bond motifs is 1. The van der Waals surface area contributed by atoms with Gasteiger partial charge < -0.3 is 35.8 Å². The molecule has 17 nitrogen and oxygen atoms in total. The average molecular weight is 959 g/mol. The van der Waals surface area contributed by atoms with Crippen LogP contribution in [0.15, 0.2) is 89.3 Å². The van der Waals surface area contributed by atoms with Crippen LogP contribution < -0.4 is 26.2 Å². The number of benzene rings is 2.